The van der Waals surface area contributed by atoms with Gasteiger partial charge in [-0.1, -0.05) is 18.2 Å². The van der Waals surface area contributed by atoms with Crippen molar-refractivity contribution in [3.63, 3.8) is 0 Å². The molecule has 0 aliphatic carbocycles. The predicted octanol–water partition coefficient (Wildman–Crippen LogP) is 2.72. The van der Waals surface area contributed by atoms with E-state index in [1.165, 1.54) is 18.2 Å². The largest absolute Gasteiger partial charge is 0.422 e. The highest BCUT2D eigenvalue weighted by molar-refractivity contribution is 5.97. The first kappa shape index (κ1) is 17.9. The fourth-order valence-electron chi connectivity index (χ4n) is 3.34. The van der Waals surface area contributed by atoms with Gasteiger partial charge in [-0.2, -0.15) is 0 Å². The average Bonchev–Trinajstić information content (AvgIpc) is 3.07. The van der Waals surface area contributed by atoms with Crippen LogP contribution in [-0.4, -0.2) is 24.9 Å². The van der Waals surface area contributed by atoms with Crippen LogP contribution in [0, 0.1) is 11.7 Å². The monoisotopic (exact) mass is 380 g/mol. The van der Waals surface area contributed by atoms with Crippen LogP contribution in [0.1, 0.15) is 16.8 Å². The number of nitrogens with one attached hydrogen (secondary N) is 1. The predicted molar refractivity (Wildman–Crippen MR) is 102 cm³/mol. The zero-order chi connectivity index (χ0) is 19.7. The number of anilines is 1. The van der Waals surface area contributed by atoms with Crippen LogP contribution in [-0.2, 0) is 4.79 Å². The molecule has 28 heavy (non-hydrogen) atoms. The molecule has 1 saturated heterocycles. The average molecular weight is 380 g/mol. The van der Waals surface area contributed by atoms with E-state index in [0.29, 0.717) is 23.2 Å². The van der Waals surface area contributed by atoms with E-state index >= 15 is 0 Å². The van der Waals surface area contributed by atoms with Gasteiger partial charge in [0.15, 0.2) is 0 Å². The lowest BCUT2D eigenvalue weighted by Crippen LogP contribution is -2.33. The third-order valence-corrected chi connectivity index (χ3v) is 4.78. The van der Waals surface area contributed by atoms with E-state index in [2.05, 4.69) is 5.32 Å². The van der Waals surface area contributed by atoms with Gasteiger partial charge in [-0.15, -0.1) is 0 Å². The first-order valence-electron chi connectivity index (χ1n) is 8.88. The van der Waals surface area contributed by atoms with Crippen LogP contribution in [0.5, 0.6) is 0 Å². The number of fused-ring (bicyclic) bond motifs is 1. The van der Waals surface area contributed by atoms with Crippen LogP contribution in [0.3, 0.4) is 0 Å². The molecular weight excluding hydrogens is 363 g/mol. The molecule has 142 valence electrons. The summed E-state index contributed by atoms with van der Waals surface area (Å²) < 4.78 is 18.2. The molecule has 1 aromatic heterocycles. The summed E-state index contributed by atoms with van der Waals surface area (Å²) in [5, 5.41) is 3.37. The number of carbonyl (C=O) groups excluding carboxylic acids is 2. The van der Waals surface area contributed by atoms with E-state index in [-0.39, 0.29) is 36.2 Å². The Kier molecular flexibility index (Phi) is 4.65. The lowest BCUT2D eigenvalue weighted by atomic mass is 10.1. The van der Waals surface area contributed by atoms with Gasteiger partial charge in [-0.3, -0.25) is 9.59 Å². The summed E-state index contributed by atoms with van der Waals surface area (Å²) in [5.74, 6) is -1.09. The molecular formula is C21H17FN2O4. The fourth-order valence-corrected chi connectivity index (χ4v) is 3.34. The van der Waals surface area contributed by atoms with Crippen molar-refractivity contribution in [3.8, 4) is 0 Å². The highest BCUT2D eigenvalue weighted by Gasteiger charge is 2.31. The molecule has 2 amide bonds. The van der Waals surface area contributed by atoms with Crippen LogP contribution in [0.2, 0.25) is 0 Å². The molecule has 0 radical (unpaired) electrons. The second kappa shape index (κ2) is 7.26. The zero-order valence-corrected chi connectivity index (χ0v) is 14.9. The molecule has 4 rings (SSSR count). The summed E-state index contributed by atoms with van der Waals surface area (Å²) in [5.41, 5.74) is 0.265. The molecule has 1 fully saturated rings. The molecule has 2 aromatic carbocycles. The number of para-hydroxylation sites is 1. The smallest absolute Gasteiger partial charge is 0.349 e. The van der Waals surface area contributed by atoms with Crippen LogP contribution in [0.25, 0.3) is 11.0 Å². The number of benzene rings is 2. The fraction of sp³-hybridized carbons (Fsp3) is 0.190. The molecule has 0 saturated carbocycles. The molecule has 0 spiro atoms. The maximum absolute atomic E-state index is 13.1. The quantitative estimate of drug-likeness (QED) is 0.706. The van der Waals surface area contributed by atoms with Gasteiger partial charge in [0.1, 0.15) is 17.0 Å². The van der Waals surface area contributed by atoms with E-state index in [9.17, 15) is 18.8 Å². The number of rotatable bonds is 4. The maximum atomic E-state index is 13.1. The Hall–Kier alpha value is -3.48. The molecule has 7 heteroatoms. The Morgan fingerprint density at radius 1 is 1.14 bits per heavy atom. The third-order valence-electron chi connectivity index (χ3n) is 4.78. The van der Waals surface area contributed by atoms with Gasteiger partial charge in [-0.25, -0.2) is 9.18 Å². The zero-order valence-electron chi connectivity index (χ0n) is 14.9. The number of hydrogen-bond donors (Lipinski definition) is 1. The van der Waals surface area contributed by atoms with Crippen molar-refractivity contribution in [2.45, 2.75) is 6.42 Å². The number of nitrogens with zero attached hydrogens (tertiary/aromatic N) is 1. The topological polar surface area (TPSA) is 79.6 Å². The molecule has 0 bridgehead atoms. The van der Waals surface area contributed by atoms with E-state index in [0.717, 1.165) is 0 Å². The summed E-state index contributed by atoms with van der Waals surface area (Å²) in [6, 6.07) is 14.2. The number of carbonyl (C=O) groups is 2. The van der Waals surface area contributed by atoms with Gasteiger partial charge in [0, 0.05) is 36.5 Å². The van der Waals surface area contributed by atoms with Gasteiger partial charge < -0.3 is 14.6 Å². The highest BCUT2D eigenvalue weighted by Crippen LogP contribution is 2.25. The van der Waals surface area contributed by atoms with E-state index < -0.39 is 11.5 Å². The second-order valence-electron chi connectivity index (χ2n) is 6.75. The summed E-state index contributed by atoms with van der Waals surface area (Å²) in [6.45, 7) is 0.658. The van der Waals surface area contributed by atoms with Crippen LogP contribution >= 0.6 is 0 Å². The summed E-state index contributed by atoms with van der Waals surface area (Å²) in [4.78, 5) is 38.3. The molecule has 1 unspecified atom stereocenters. The SMILES string of the molecule is O=C(NCC1CC(=O)N(c2ccc(F)cc2)C1)c1cc2ccccc2oc1=O. The molecule has 6 nitrogen and oxygen atoms in total. The Bertz CT molecular complexity index is 1110. The van der Waals surface area contributed by atoms with Crippen molar-refractivity contribution in [3.05, 3.63) is 76.4 Å². The summed E-state index contributed by atoms with van der Waals surface area (Å²) in [6.07, 6.45) is 0.268. The first-order valence-corrected chi connectivity index (χ1v) is 8.88. The molecule has 1 atom stereocenters. The minimum Gasteiger partial charge on any atom is -0.422 e. The second-order valence-corrected chi connectivity index (χ2v) is 6.75. The Morgan fingerprint density at radius 2 is 1.89 bits per heavy atom. The lowest BCUT2D eigenvalue weighted by Gasteiger charge is -2.17. The lowest BCUT2D eigenvalue weighted by molar-refractivity contribution is -0.117. The molecule has 1 aliphatic rings. The number of hydrogen-bond acceptors (Lipinski definition) is 4. The molecule has 2 heterocycles. The van der Waals surface area contributed by atoms with Gasteiger partial charge in [-0.05, 0) is 36.4 Å². The van der Waals surface area contributed by atoms with Crippen molar-refractivity contribution in [1.29, 1.82) is 0 Å². The van der Waals surface area contributed by atoms with Gasteiger partial charge in [0.05, 0.1) is 0 Å². The van der Waals surface area contributed by atoms with Crippen LogP contribution < -0.4 is 15.8 Å². The molecule has 1 aliphatic heterocycles. The van der Waals surface area contributed by atoms with Crippen molar-refractivity contribution in [2.75, 3.05) is 18.0 Å². The van der Waals surface area contributed by atoms with Gasteiger partial charge in [0.2, 0.25) is 5.91 Å². The van der Waals surface area contributed by atoms with E-state index in [1.54, 1.807) is 41.3 Å². The first-order chi connectivity index (χ1) is 13.5. The minimum absolute atomic E-state index is 0.0709. The minimum atomic E-state index is -0.702. The Balaban J connectivity index is 1.43. The van der Waals surface area contributed by atoms with Gasteiger partial charge >= 0.3 is 5.63 Å². The Labute approximate surface area is 159 Å². The van der Waals surface area contributed by atoms with E-state index in [1.807, 2.05) is 0 Å². The van der Waals surface area contributed by atoms with Crippen molar-refractivity contribution in [1.82, 2.24) is 5.32 Å². The summed E-state index contributed by atoms with van der Waals surface area (Å²) >= 11 is 0. The number of amides is 2. The maximum Gasteiger partial charge on any atom is 0.349 e. The normalized spacial score (nSPS) is 16.5. The Morgan fingerprint density at radius 3 is 2.68 bits per heavy atom. The highest BCUT2D eigenvalue weighted by atomic mass is 19.1. The summed E-state index contributed by atoms with van der Waals surface area (Å²) in [7, 11) is 0. The van der Waals surface area contributed by atoms with Crippen molar-refractivity contribution < 1.29 is 18.4 Å². The van der Waals surface area contributed by atoms with E-state index in [4.69, 9.17) is 4.42 Å². The molecule has 3 aromatic rings. The number of halogens is 1. The third kappa shape index (κ3) is 3.51. The van der Waals surface area contributed by atoms with Crippen molar-refractivity contribution >= 4 is 28.5 Å². The van der Waals surface area contributed by atoms with Crippen molar-refractivity contribution in [2.24, 2.45) is 5.92 Å². The van der Waals surface area contributed by atoms with Crippen LogP contribution in [0.15, 0.2) is 63.8 Å². The van der Waals surface area contributed by atoms with Gasteiger partial charge in [0.25, 0.3) is 5.91 Å². The standard InChI is InChI=1S/C21H17FN2O4/c22-15-5-7-16(8-6-15)24-12-13(9-19(24)25)11-23-20(26)17-10-14-3-1-2-4-18(14)28-21(17)27/h1-8,10,13H,9,11-12H2,(H,23,26). The van der Waals surface area contributed by atoms with Crippen LogP contribution in [0.4, 0.5) is 10.1 Å². The molecule has 1 N–H and O–H groups in total.